The molecule has 8 nitrogen and oxygen atoms in total. The number of nitrogens with one attached hydrogen (secondary N) is 2. The average Bonchev–Trinajstić information content (AvgIpc) is 2.73. The standard InChI is InChI=1S/C11H11FN4O4S/c12-21-16-6(17)2-1-5(9(16)18)15-10(19)7-8(11(15)20)14-4-3-13-7/h5,13-14H,1-4H2. The first-order valence-corrected chi connectivity index (χ1v) is 6.99. The number of imide groups is 2. The number of carbonyl (C=O) groups excluding carboxylic acids is 4. The maximum absolute atomic E-state index is 12.7. The molecule has 21 heavy (non-hydrogen) atoms. The van der Waals surface area contributed by atoms with Crippen molar-refractivity contribution in [1.82, 2.24) is 19.8 Å². The molecule has 3 heterocycles. The van der Waals surface area contributed by atoms with Gasteiger partial charge in [0.1, 0.15) is 17.4 Å². The van der Waals surface area contributed by atoms with Crippen molar-refractivity contribution in [1.29, 1.82) is 0 Å². The van der Waals surface area contributed by atoms with Gasteiger partial charge in [0.25, 0.3) is 17.7 Å². The van der Waals surface area contributed by atoms with E-state index in [1.165, 1.54) is 0 Å². The van der Waals surface area contributed by atoms with Crippen molar-refractivity contribution in [2.24, 2.45) is 0 Å². The van der Waals surface area contributed by atoms with Gasteiger partial charge in [-0.2, -0.15) is 4.31 Å². The molecule has 0 saturated carbocycles. The topological polar surface area (TPSA) is 98.8 Å². The van der Waals surface area contributed by atoms with Crippen LogP contribution in [0.4, 0.5) is 3.89 Å². The Labute approximate surface area is 123 Å². The van der Waals surface area contributed by atoms with Crippen molar-refractivity contribution in [3.05, 3.63) is 11.4 Å². The normalized spacial score (nSPS) is 26.0. The van der Waals surface area contributed by atoms with Crippen LogP contribution in [0, 0.1) is 0 Å². The highest BCUT2D eigenvalue weighted by Crippen LogP contribution is 2.29. The van der Waals surface area contributed by atoms with E-state index in [2.05, 4.69) is 10.6 Å². The third-order valence-corrected chi connectivity index (χ3v) is 4.09. The number of hydrogen-bond acceptors (Lipinski definition) is 7. The van der Waals surface area contributed by atoms with Gasteiger partial charge in [-0.3, -0.25) is 24.1 Å². The molecule has 0 aromatic rings. The van der Waals surface area contributed by atoms with E-state index in [-0.39, 0.29) is 24.2 Å². The van der Waals surface area contributed by atoms with Crippen LogP contribution >= 0.6 is 12.3 Å². The van der Waals surface area contributed by atoms with Crippen LogP contribution in [0.2, 0.25) is 0 Å². The highest BCUT2D eigenvalue weighted by atomic mass is 32.2. The number of nitrogens with zero attached hydrogens (tertiary/aromatic N) is 2. The summed E-state index contributed by atoms with van der Waals surface area (Å²) in [4.78, 5) is 48.8. The third kappa shape index (κ3) is 1.97. The molecule has 0 radical (unpaired) electrons. The van der Waals surface area contributed by atoms with Crippen molar-refractivity contribution in [2.75, 3.05) is 13.1 Å². The van der Waals surface area contributed by atoms with E-state index < -0.39 is 42.0 Å². The second-order valence-corrected chi connectivity index (χ2v) is 5.24. The van der Waals surface area contributed by atoms with Gasteiger partial charge >= 0.3 is 0 Å². The lowest BCUT2D eigenvalue weighted by Gasteiger charge is -2.31. The van der Waals surface area contributed by atoms with E-state index in [9.17, 15) is 23.1 Å². The molecule has 1 saturated heterocycles. The summed E-state index contributed by atoms with van der Waals surface area (Å²) >= 11 is -0.507. The smallest absolute Gasteiger partial charge is 0.279 e. The molecular weight excluding hydrogens is 303 g/mol. The fourth-order valence-corrected chi connectivity index (χ4v) is 2.95. The molecule has 0 spiro atoms. The first-order valence-electron chi connectivity index (χ1n) is 6.31. The minimum absolute atomic E-state index is 0.00671. The van der Waals surface area contributed by atoms with Crippen molar-refractivity contribution in [2.45, 2.75) is 18.9 Å². The van der Waals surface area contributed by atoms with E-state index in [4.69, 9.17) is 0 Å². The van der Waals surface area contributed by atoms with Crippen LogP contribution in [0.5, 0.6) is 0 Å². The Morgan fingerprint density at radius 3 is 2.14 bits per heavy atom. The van der Waals surface area contributed by atoms with Crippen LogP contribution in [-0.2, 0) is 19.2 Å². The molecule has 3 aliphatic heterocycles. The van der Waals surface area contributed by atoms with E-state index >= 15 is 0 Å². The van der Waals surface area contributed by atoms with Crippen molar-refractivity contribution in [3.63, 3.8) is 0 Å². The highest BCUT2D eigenvalue weighted by Gasteiger charge is 2.49. The van der Waals surface area contributed by atoms with Crippen LogP contribution < -0.4 is 10.6 Å². The van der Waals surface area contributed by atoms with Crippen molar-refractivity contribution in [3.8, 4) is 0 Å². The summed E-state index contributed by atoms with van der Waals surface area (Å²) in [5, 5.41) is 5.63. The van der Waals surface area contributed by atoms with E-state index in [0.29, 0.717) is 17.4 Å². The van der Waals surface area contributed by atoms with Crippen LogP contribution in [-0.4, -0.2) is 52.0 Å². The van der Waals surface area contributed by atoms with Crippen LogP contribution in [0.25, 0.3) is 0 Å². The molecule has 1 unspecified atom stereocenters. The lowest BCUT2D eigenvalue weighted by molar-refractivity contribution is -0.154. The fourth-order valence-electron chi connectivity index (χ4n) is 2.59. The van der Waals surface area contributed by atoms with Crippen LogP contribution in [0.3, 0.4) is 0 Å². The van der Waals surface area contributed by atoms with Gasteiger partial charge in [-0.25, -0.2) is 0 Å². The Morgan fingerprint density at radius 1 is 1.05 bits per heavy atom. The summed E-state index contributed by atoms with van der Waals surface area (Å²) in [6, 6.07) is -1.15. The predicted octanol–water partition coefficient (Wildman–Crippen LogP) is -1.19. The summed E-state index contributed by atoms with van der Waals surface area (Å²) in [6.07, 6.45) is -0.0946. The van der Waals surface area contributed by atoms with E-state index in [1.807, 2.05) is 0 Å². The minimum Gasteiger partial charge on any atom is -0.377 e. The largest absolute Gasteiger partial charge is 0.377 e. The van der Waals surface area contributed by atoms with Gasteiger partial charge in [-0.1, -0.05) is 0 Å². The molecule has 0 aromatic heterocycles. The summed E-state index contributed by atoms with van der Waals surface area (Å²) in [6.45, 7) is 0.963. The lowest BCUT2D eigenvalue weighted by atomic mass is 10.0. The first-order chi connectivity index (χ1) is 10.1. The molecule has 3 rings (SSSR count). The van der Waals surface area contributed by atoms with Crippen LogP contribution in [0.1, 0.15) is 12.8 Å². The Kier molecular flexibility index (Phi) is 3.32. The van der Waals surface area contributed by atoms with Crippen molar-refractivity contribution >= 4 is 36.0 Å². The number of halogens is 1. The van der Waals surface area contributed by atoms with Gasteiger partial charge in [0.2, 0.25) is 5.91 Å². The number of amides is 4. The number of carbonyl (C=O) groups is 4. The van der Waals surface area contributed by atoms with Gasteiger partial charge in [0.15, 0.2) is 12.3 Å². The second kappa shape index (κ2) is 5.02. The number of hydrogen-bond donors (Lipinski definition) is 2. The molecule has 0 bridgehead atoms. The Bertz CT molecular complexity index is 565. The van der Waals surface area contributed by atoms with Gasteiger partial charge < -0.3 is 10.6 Å². The zero-order chi connectivity index (χ0) is 15.1. The third-order valence-electron chi connectivity index (χ3n) is 3.57. The molecule has 1 fully saturated rings. The van der Waals surface area contributed by atoms with Crippen LogP contribution in [0.15, 0.2) is 11.4 Å². The van der Waals surface area contributed by atoms with E-state index in [1.54, 1.807) is 0 Å². The summed E-state index contributed by atoms with van der Waals surface area (Å²) in [7, 11) is 0. The molecule has 1 atom stereocenters. The maximum Gasteiger partial charge on any atom is 0.279 e. The van der Waals surface area contributed by atoms with Gasteiger partial charge in [0.05, 0.1) is 0 Å². The van der Waals surface area contributed by atoms with E-state index in [0.717, 1.165) is 4.90 Å². The van der Waals surface area contributed by atoms with Gasteiger partial charge in [-0.05, 0) is 6.42 Å². The van der Waals surface area contributed by atoms with Gasteiger partial charge in [0, 0.05) is 19.5 Å². The number of rotatable bonds is 2. The monoisotopic (exact) mass is 314 g/mol. The molecule has 10 heteroatoms. The molecular formula is C11H11FN4O4S. The highest BCUT2D eigenvalue weighted by molar-refractivity contribution is 7.93. The first kappa shape index (κ1) is 13.9. The molecule has 3 aliphatic rings. The minimum atomic E-state index is -1.15. The van der Waals surface area contributed by atoms with Crippen molar-refractivity contribution < 1.29 is 23.1 Å². The summed E-state index contributed by atoms with van der Waals surface area (Å²) in [5.41, 5.74) is 0.241. The Hall–Kier alpha value is -2.10. The Balaban J connectivity index is 1.88. The Morgan fingerprint density at radius 2 is 1.62 bits per heavy atom. The maximum atomic E-state index is 12.7. The SMILES string of the molecule is O=C1CCC(N2C(=O)C3=C(NCCN3)C2=O)C(=O)N1SF. The zero-order valence-corrected chi connectivity index (χ0v) is 11.5. The van der Waals surface area contributed by atoms with Gasteiger partial charge in [-0.15, -0.1) is 3.89 Å². The molecule has 4 amide bonds. The summed E-state index contributed by atoms with van der Waals surface area (Å²) in [5.74, 6) is -2.81. The quantitative estimate of drug-likeness (QED) is 0.488. The summed E-state index contributed by atoms with van der Waals surface area (Å²) < 4.78 is 13.1. The molecule has 2 N–H and O–H groups in total. The number of piperidine rings is 1. The fraction of sp³-hybridized carbons (Fsp3) is 0.455. The molecule has 0 aliphatic carbocycles. The predicted molar refractivity (Wildman–Crippen MR) is 68.5 cm³/mol. The molecule has 0 aromatic carbocycles. The molecule has 112 valence electrons. The zero-order valence-electron chi connectivity index (χ0n) is 10.7. The lowest BCUT2D eigenvalue weighted by Crippen LogP contribution is -2.54. The average molecular weight is 314 g/mol. The second-order valence-electron chi connectivity index (χ2n) is 4.73.